The summed E-state index contributed by atoms with van der Waals surface area (Å²) in [7, 11) is 1.64. The lowest BCUT2D eigenvalue weighted by Gasteiger charge is -2.04. The molecule has 0 aliphatic carbocycles. The summed E-state index contributed by atoms with van der Waals surface area (Å²) >= 11 is 0. The predicted molar refractivity (Wildman–Crippen MR) is 75.0 cm³/mol. The molecule has 1 aromatic carbocycles. The lowest BCUT2D eigenvalue weighted by Crippen LogP contribution is -1.96. The van der Waals surface area contributed by atoms with Crippen LogP contribution in [0.5, 0.6) is 5.75 Å². The second kappa shape index (κ2) is 5.44. The molecule has 0 fully saturated rings. The van der Waals surface area contributed by atoms with E-state index >= 15 is 0 Å². The Bertz CT molecular complexity index is 699. The zero-order chi connectivity index (χ0) is 13.8. The Kier molecular flexibility index (Phi) is 3.33. The first-order valence-corrected chi connectivity index (χ1v) is 6.12. The molecule has 0 N–H and O–H groups in total. The van der Waals surface area contributed by atoms with Gasteiger partial charge in [0.2, 0.25) is 5.82 Å². The summed E-state index contributed by atoms with van der Waals surface area (Å²) in [6.45, 7) is 0. The third-order valence-electron chi connectivity index (χ3n) is 2.84. The van der Waals surface area contributed by atoms with Crippen LogP contribution in [-0.2, 0) is 0 Å². The molecule has 98 valence electrons. The second-order valence-electron chi connectivity index (χ2n) is 4.11. The monoisotopic (exact) mass is 264 g/mol. The third kappa shape index (κ3) is 2.47. The first kappa shape index (κ1) is 12.2. The average Bonchev–Trinajstić information content (AvgIpc) is 2.56. The molecule has 0 spiro atoms. The first-order chi connectivity index (χ1) is 9.86. The standard InChI is InChI=1S/C15H12N4O/c1-20-12-7-5-11(6-8-12)14-10-17-19-15(18-14)13-4-2-3-9-16-13/h2-10H,1H3. The number of benzene rings is 1. The molecule has 0 bridgehead atoms. The van der Waals surface area contributed by atoms with Crippen LogP contribution in [-0.4, -0.2) is 27.3 Å². The van der Waals surface area contributed by atoms with Crippen LogP contribution < -0.4 is 4.74 Å². The van der Waals surface area contributed by atoms with Crippen molar-refractivity contribution in [1.82, 2.24) is 20.2 Å². The van der Waals surface area contributed by atoms with Crippen LogP contribution in [0.15, 0.2) is 54.9 Å². The van der Waals surface area contributed by atoms with E-state index in [0.717, 1.165) is 17.0 Å². The molecule has 0 radical (unpaired) electrons. The highest BCUT2D eigenvalue weighted by Crippen LogP contribution is 2.21. The number of ether oxygens (including phenoxy) is 1. The molecule has 5 heteroatoms. The minimum absolute atomic E-state index is 0.513. The summed E-state index contributed by atoms with van der Waals surface area (Å²) in [5.41, 5.74) is 2.41. The predicted octanol–water partition coefficient (Wildman–Crippen LogP) is 2.61. The normalized spacial score (nSPS) is 10.2. The summed E-state index contributed by atoms with van der Waals surface area (Å²) in [6, 6.07) is 13.2. The molecule has 0 aliphatic heterocycles. The van der Waals surface area contributed by atoms with Crippen molar-refractivity contribution >= 4 is 0 Å². The Morgan fingerprint density at radius 3 is 2.50 bits per heavy atom. The Labute approximate surface area is 116 Å². The minimum Gasteiger partial charge on any atom is -0.497 e. The summed E-state index contributed by atoms with van der Waals surface area (Å²) in [6.07, 6.45) is 3.34. The van der Waals surface area contributed by atoms with Gasteiger partial charge in [-0.15, -0.1) is 5.10 Å². The molecule has 0 atom stereocenters. The number of nitrogens with zero attached hydrogens (tertiary/aromatic N) is 4. The van der Waals surface area contributed by atoms with Crippen molar-refractivity contribution < 1.29 is 4.74 Å². The van der Waals surface area contributed by atoms with Gasteiger partial charge in [-0.2, -0.15) is 5.10 Å². The third-order valence-corrected chi connectivity index (χ3v) is 2.84. The number of hydrogen-bond donors (Lipinski definition) is 0. The molecule has 0 aliphatic rings. The molecular weight excluding hydrogens is 252 g/mol. The van der Waals surface area contributed by atoms with Gasteiger partial charge in [-0.3, -0.25) is 4.98 Å². The fourth-order valence-corrected chi connectivity index (χ4v) is 1.81. The number of methoxy groups -OCH3 is 1. The maximum Gasteiger partial charge on any atom is 0.200 e. The number of aromatic nitrogens is 4. The first-order valence-electron chi connectivity index (χ1n) is 6.12. The maximum absolute atomic E-state index is 5.14. The highest BCUT2D eigenvalue weighted by molar-refractivity contribution is 5.61. The van der Waals surface area contributed by atoms with Crippen LogP contribution in [0.4, 0.5) is 0 Å². The van der Waals surface area contributed by atoms with Crippen molar-refractivity contribution in [3.8, 4) is 28.5 Å². The summed E-state index contributed by atoms with van der Waals surface area (Å²) in [4.78, 5) is 8.72. The van der Waals surface area contributed by atoms with Crippen LogP contribution >= 0.6 is 0 Å². The van der Waals surface area contributed by atoms with Crippen molar-refractivity contribution in [2.45, 2.75) is 0 Å². The topological polar surface area (TPSA) is 60.8 Å². The van der Waals surface area contributed by atoms with E-state index in [2.05, 4.69) is 20.2 Å². The largest absolute Gasteiger partial charge is 0.497 e. The smallest absolute Gasteiger partial charge is 0.200 e. The molecule has 20 heavy (non-hydrogen) atoms. The Morgan fingerprint density at radius 1 is 0.950 bits per heavy atom. The van der Waals surface area contributed by atoms with Crippen LogP contribution in [0, 0.1) is 0 Å². The number of hydrogen-bond acceptors (Lipinski definition) is 5. The molecule has 2 aromatic heterocycles. The molecular formula is C15H12N4O. The molecule has 5 nitrogen and oxygen atoms in total. The van der Waals surface area contributed by atoms with Gasteiger partial charge >= 0.3 is 0 Å². The van der Waals surface area contributed by atoms with E-state index in [0.29, 0.717) is 11.5 Å². The number of rotatable bonds is 3. The van der Waals surface area contributed by atoms with Gasteiger partial charge in [-0.1, -0.05) is 6.07 Å². The van der Waals surface area contributed by atoms with Crippen molar-refractivity contribution in [3.63, 3.8) is 0 Å². The summed E-state index contributed by atoms with van der Waals surface area (Å²) in [5.74, 6) is 1.32. The van der Waals surface area contributed by atoms with E-state index in [9.17, 15) is 0 Å². The van der Waals surface area contributed by atoms with Gasteiger partial charge in [0, 0.05) is 11.8 Å². The SMILES string of the molecule is COc1ccc(-c2cnnc(-c3ccccn3)n2)cc1. The van der Waals surface area contributed by atoms with Crippen LogP contribution in [0.1, 0.15) is 0 Å². The van der Waals surface area contributed by atoms with E-state index in [4.69, 9.17) is 4.74 Å². The molecule has 2 heterocycles. The summed E-state index contributed by atoms with van der Waals surface area (Å²) < 4.78 is 5.14. The zero-order valence-electron chi connectivity index (χ0n) is 10.9. The molecule has 0 amide bonds. The summed E-state index contributed by atoms with van der Waals surface area (Å²) in [5, 5.41) is 8.02. The highest BCUT2D eigenvalue weighted by atomic mass is 16.5. The van der Waals surface area contributed by atoms with E-state index in [1.165, 1.54) is 0 Å². The van der Waals surface area contributed by atoms with Gasteiger partial charge in [0.25, 0.3) is 0 Å². The molecule has 0 saturated heterocycles. The average molecular weight is 264 g/mol. The van der Waals surface area contributed by atoms with Gasteiger partial charge in [0.15, 0.2) is 0 Å². The lowest BCUT2D eigenvalue weighted by molar-refractivity contribution is 0.415. The van der Waals surface area contributed by atoms with E-state index in [1.54, 1.807) is 19.5 Å². The molecule has 3 aromatic rings. The Hall–Kier alpha value is -2.82. The fraction of sp³-hybridized carbons (Fsp3) is 0.0667. The lowest BCUT2D eigenvalue weighted by atomic mass is 10.1. The Balaban J connectivity index is 1.98. The van der Waals surface area contributed by atoms with Crippen molar-refractivity contribution in [2.75, 3.05) is 7.11 Å². The second-order valence-corrected chi connectivity index (χ2v) is 4.11. The van der Waals surface area contributed by atoms with E-state index in [-0.39, 0.29) is 0 Å². The minimum atomic E-state index is 0.513. The van der Waals surface area contributed by atoms with E-state index in [1.807, 2.05) is 42.5 Å². The van der Waals surface area contributed by atoms with Crippen molar-refractivity contribution in [3.05, 3.63) is 54.9 Å². The molecule has 0 unspecified atom stereocenters. The van der Waals surface area contributed by atoms with Crippen LogP contribution in [0.25, 0.3) is 22.8 Å². The zero-order valence-corrected chi connectivity index (χ0v) is 10.9. The Morgan fingerprint density at radius 2 is 1.80 bits per heavy atom. The van der Waals surface area contributed by atoms with Crippen molar-refractivity contribution in [2.24, 2.45) is 0 Å². The van der Waals surface area contributed by atoms with Gasteiger partial charge in [-0.05, 0) is 36.4 Å². The quantitative estimate of drug-likeness (QED) is 0.727. The van der Waals surface area contributed by atoms with E-state index < -0.39 is 0 Å². The molecule has 0 saturated carbocycles. The van der Waals surface area contributed by atoms with Crippen LogP contribution in [0.2, 0.25) is 0 Å². The fourth-order valence-electron chi connectivity index (χ4n) is 1.81. The van der Waals surface area contributed by atoms with Gasteiger partial charge < -0.3 is 4.74 Å². The molecule has 3 rings (SSSR count). The highest BCUT2D eigenvalue weighted by Gasteiger charge is 2.06. The van der Waals surface area contributed by atoms with Crippen LogP contribution in [0.3, 0.4) is 0 Å². The maximum atomic E-state index is 5.14. The van der Waals surface area contributed by atoms with Gasteiger partial charge in [0.1, 0.15) is 11.4 Å². The van der Waals surface area contributed by atoms with Gasteiger partial charge in [-0.25, -0.2) is 4.98 Å². The van der Waals surface area contributed by atoms with Gasteiger partial charge in [0.05, 0.1) is 19.0 Å². The number of pyridine rings is 1. The van der Waals surface area contributed by atoms with Crippen molar-refractivity contribution in [1.29, 1.82) is 0 Å².